The second kappa shape index (κ2) is 9.56. The molecule has 1 unspecified atom stereocenters. The minimum Gasteiger partial charge on any atom is -0.356 e. The molecule has 2 aromatic rings. The van der Waals surface area contributed by atoms with Crippen molar-refractivity contribution in [1.82, 2.24) is 10.6 Å². The summed E-state index contributed by atoms with van der Waals surface area (Å²) in [4.78, 5) is 16.1. The number of aryl methyl sites for hydroxylation is 1. The second-order valence-corrected chi connectivity index (χ2v) is 6.18. The Labute approximate surface area is 153 Å². The summed E-state index contributed by atoms with van der Waals surface area (Å²) in [5.74, 6) is 0.178. The molecule has 0 spiro atoms. The highest BCUT2D eigenvalue weighted by molar-refractivity contribution is 5.94. The third kappa shape index (κ3) is 6.20. The molecule has 0 fully saturated rings. The minimum atomic E-state index is -0.390. The van der Waals surface area contributed by atoms with Crippen molar-refractivity contribution in [1.29, 1.82) is 0 Å². The fourth-order valence-electron chi connectivity index (χ4n) is 2.42. The van der Waals surface area contributed by atoms with Crippen molar-refractivity contribution in [3.63, 3.8) is 0 Å². The normalized spacial score (nSPS) is 12.4. The van der Waals surface area contributed by atoms with Crippen LogP contribution in [0.4, 0.5) is 10.1 Å². The second-order valence-electron chi connectivity index (χ2n) is 6.18. The molecule has 0 aliphatic rings. The van der Waals surface area contributed by atoms with Gasteiger partial charge in [-0.15, -0.1) is 0 Å². The third-order valence-electron chi connectivity index (χ3n) is 3.97. The number of nitrogens with one attached hydrogen (secondary N) is 3. The highest BCUT2D eigenvalue weighted by Gasteiger charge is 2.08. The molecule has 2 aromatic carbocycles. The van der Waals surface area contributed by atoms with E-state index in [1.807, 2.05) is 0 Å². The zero-order valence-electron chi connectivity index (χ0n) is 15.3. The van der Waals surface area contributed by atoms with Crippen molar-refractivity contribution in [3.8, 4) is 0 Å². The van der Waals surface area contributed by atoms with E-state index in [1.54, 1.807) is 19.2 Å². The molecule has 0 aliphatic heterocycles. The molecule has 0 saturated heterocycles. The number of carbonyl (C=O) groups is 1. The highest BCUT2D eigenvalue weighted by Crippen LogP contribution is 2.14. The van der Waals surface area contributed by atoms with E-state index in [0.29, 0.717) is 24.1 Å². The Morgan fingerprint density at radius 2 is 1.88 bits per heavy atom. The van der Waals surface area contributed by atoms with Gasteiger partial charge >= 0.3 is 0 Å². The lowest BCUT2D eigenvalue weighted by Crippen LogP contribution is -2.42. The predicted octanol–water partition coefficient (Wildman–Crippen LogP) is 3.04. The molecule has 0 aliphatic carbocycles. The summed E-state index contributed by atoms with van der Waals surface area (Å²) >= 11 is 0. The lowest BCUT2D eigenvalue weighted by molar-refractivity contribution is -0.115. The molecular formula is C20H25FN4O. The van der Waals surface area contributed by atoms with Gasteiger partial charge in [0.1, 0.15) is 5.82 Å². The van der Waals surface area contributed by atoms with Crippen LogP contribution in [-0.4, -0.2) is 32.0 Å². The molecule has 2 rings (SSSR count). The standard InChI is InChI=1S/C20H25FN4O/c1-14-7-9-16(10-8-14)15(2)12-23-20(22-3)24-13-19(26)25-18-6-4-5-17(21)11-18/h4-11,15H,12-13H2,1-3H3,(H,25,26)(H2,22,23,24). The molecule has 0 radical (unpaired) electrons. The Morgan fingerprint density at radius 3 is 2.54 bits per heavy atom. The number of benzene rings is 2. The number of carbonyl (C=O) groups excluding carboxylic acids is 1. The molecule has 0 saturated carbocycles. The van der Waals surface area contributed by atoms with Gasteiger partial charge in [0, 0.05) is 19.3 Å². The van der Waals surface area contributed by atoms with Crippen LogP contribution in [-0.2, 0) is 4.79 Å². The summed E-state index contributed by atoms with van der Waals surface area (Å²) in [6.07, 6.45) is 0. The first-order valence-electron chi connectivity index (χ1n) is 8.54. The molecule has 0 aromatic heterocycles. The number of amides is 1. The van der Waals surface area contributed by atoms with Crippen molar-refractivity contribution in [2.24, 2.45) is 4.99 Å². The lowest BCUT2D eigenvalue weighted by atomic mass is 10.0. The number of anilines is 1. The van der Waals surface area contributed by atoms with E-state index >= 15 is 0 Å². The van der Waals surface area contributed by atoms with Gasteiger partial charge in [0.05, 0.1) is 6.54 Å². The van der Waals surface area contributed by atoms with Gasteiger partial charge in [-0.25, -0.2) is 4.39 Å². The maximum atomic E-state index is 13.1. The molecule has 138 valence electrons. The maximum absolute atomic E-state index is 13.1. The van der Waals surface area contributed by atoms with Gasteiger partial charge in [-0.1, -0.05) is 42.8 Å². The number of rotatable bonds is 6. The van der Waals surface area contributed by atoms with E-state index in [1.165, 1.54) is 23.3 Å². The Hall–Kier alpha value is -2.89. The van der Waals surface area contributed by atoms with Crippen LogP contribution < -0.4 is 16.0 Å². The van der Waals surface area contributed by atoms with E-state index in [0.717, 1.165) is 0 Å². The summed E-state index contributed by atoms with van der Waals surface area (Å²) in [6, 6.07) is 14.2. The van der Waals surface area contributed by atoms with E-state index < -0.39 is 5.82 Å². The van der Waals surface area contributed by atoms with E-state index in [2.05, 4.69) is 59.1 Å². The van der Waals surface area contributed by atoms with Crippen LogP contribution in [0.5, 0.6) is 0 Å². The van der Waals surface area contributed by atoms with Gasteiger partial charge in [-0.05, 0) is 36.6 Å². The maximum Gasteiger partial charge on any atom is 0.243 e. The Bertz CT molecular complexity index is 759. The predicted molar refractivity (Wildman–Crippen MR) is 104 cm³/mol. The number of hydrogen-bond acceptors (Lipinski definition) is 2. The average molecular weight is 356 g/mol. The fourth-order valence-corrected chi connectivity index (χ4v) is 2.42. The largest absolute Gasteiger partial charge is 0.356 e. The van der Waals surface area contributed by atoms with Crippen molar-refractivity contribution >= 4 is 17.6 Å². The van der Waals surface area contributed by atoms with Crippen LogP contribution in [0.1, 0.15) is 24.0 Å². The van der Waals surface area contributed by atoms with Crippen molar-refractivity contribution in [2.45, 2.75) is 19.8 Å². The molecule has 1 atom stereocenters. The van der Waals surface area contributed by atoms with Crippen LogP contribution in [0.2, 0.25) is 0 Å². The Balaban J connectivity index is 1.78. The first-order chi connectivity index (χ1) is 12.5. The first kappa shape index (κ1) is 19.4. The molecule has 1 amide bonds. The van der Waals surface area contributed by atoms with Crippen LogP contribution in [0.25, 0.3) is 0 Å². The van der Waals surface area contributed by atoms with E-state index in [9.17, 15) is 9.18 Å². The first-order valence-corrected chi connectivity index (χ1v) is 8.54. The Kier molecular flexibility index (Phi) is 7.14. The number of guanidine groups is 1. The minimum absolute atomic E-state index is 0.0368. The zero-order valence-corrected chi connectivity index (χ0v) is 15.3. The van der Waals surface area contributed by atoms with E-state index in [4.69, 9.17) is 0 Å². The summed E-state index contributed by atoms with van der Waals surface area (Å²) in [5, 5.41) is 8.80. The number of aliphatic imine (C=N–C) groups is 1. The zero-order chi connectivity index (χ0) is 18.9. The quantitative estimate of drug-likeness (QED) is 0.551. The van der Waals surface area contributed by atoms with Crippen LogP contribution in [0.3, 0.4) is 0 Å². The average Bonchev–Trinajstić information content (AvgIpc) is 2.62. The molecule has 26 heavy (non-hydrogen) atoms. The van der Waals surface area contributed by atoms with Gasteiger partial charge in [-0.2, -0.15) is 0 Å². The van der Waals surface area contributed by atoms with Crippen molar-refractivity contribution in [2.75, 3.05) is 25.5 Å². The smallest absolute Gasteiger partial charge is 0.243 e. The molecule has 6 heteroatoms. The molecule has 0 bridgehead atoms. The highest BCUT2D eigenvalue weighted by atomic mass is 19.1. The molecule has 3 N–H and O–H groups in total. The van der Waals surface area contributed by atoms with Gasteiger partial charge in [0.15, 0.2) is 5.96 Å². The van der Waals surface area contributed by atoms with Gasteiger partial charge in [0.2, 0.25) is 5.91 Å². The van der Waals surface area contributed by atoms with Crippen molar-refractivity contribution in [3.05, 3.63) is 65.5 Å². The summed E-state index contributed by atoms with van der Waals surface area (Å²) in [5.41, 5.74) is 2.89. The monoisotopic (exact) mass is 356 g/mol. The van der Waals surface area contributed by atoms with Crippen molar-refractivity contribution < 1.29 is 9.18 Å². The van der Waals surface area contributed by atoms with E-state index in [-0.39, 0.29) is 12.5 Å². The molecule has 5 nitrogen and oxygen atoms in total. The number of hydrogen-bond donors (Lipinski definition) is 3. The fraction of sp³-hybridized carbons (Fsp3) is 0.300. The third-order valence-corrected chi connectivity index (χ3v) is 3.97. The summed E-state index contributed by atoms with van der Waals surface area (Å²) < 4.78 is 13.1. The lowest BCUT2D eigenvalue weighted by Gasteiger charge is -2.16. The van der Waals surface area contributed by atoms with Gasteiger partial charge in [-0.3, -0.25) is 9.79 Å². The summed E-state index contributed by atoms with van der Waals surface area (Å²) in [7, 11) is 1.65. The molecule has 0 heterocycles. The van der Waals surface area contributed by atoms with Crippen LogP contribution >= 0.6 is 0 Å². The van der Waals surface area contributed by atoms with Gasteiger partial charge in [0.25, 0.3) is 0 Å². The molecular weight excluding hydrogens is 331 g/mol. The van der Waals surface area contributed by atoms with Crippen LogP contribution in [0, 0.1) is 12.7 Å². The SMILES string of the molecule is CN=C(NCC(=O)Nc1cccc(F)c1)NCC(C)c1ccc(C)cc1. The van der Waals surface area contributed by atoms with Gasteiger partial charge < -0.3 is 16.0 Å². The number of halogens is 1. The number of nitrogens with zero attached hydrogens (tertiary/aromatic N) is 1. The summed E-state index contributed by atoms with van der Waals surface area (Å²) in [6.45, 7) is 4.91. The van der Waals surface area contributed by atoms with Crippen LogP contribution in [0.15, 0.2) is 53.5 Å². The topological polar surface area (TPSA) is 65.5 Å². The Morgan fingerprint density at radius 1 is 1.15 bits per heavy atom.